The van der Waals surface area contributed by atoms with Crippen LogP contribution in [0.2, 0.25) is 0 Å². The van der Waals surface area contributed by atoms with E-state index in [2.05, 4.69) is 20.7 Å². The van der Waals surface area contributed by atoms with E-state index in [4.69, 9.17) is 9.22 Å². The molecule has 0 spiro atoms. The van der Waals surface area contributed by atoms with Crippen LogP contribution in [0.4, 0.5) is 4.39 Å². The van der Waals surface area contributed by atoms with Gasteiger partial charge in [0.25, 0.3) is 0 Å². The number of hydrogen-bond donors (Lipinski definition) is 1. The maximum absolute atomic E-state index is 13.5. The van der Waals surface area contributed by atoms with Crippen LogP contribution in [-0.2, 0) is 0 Å². The van der Waals surface area contributed by atoms with Gasteiger partial charge in [-0.1, -0.05) is 0 Å². The number of aromatic carboxylic acids is 1. The Morgan fingerprint density at radius 3 is 3.00 bits per heavy atom. The number of methoxy groups -OCH3 is 1. The van der Waals surface area contributed by atoms with Crippen molar-refractivity contribution in [1.29, 1.82) is 0 Å². The molecule has 0 unspecified atom stereocenters. The maximum atomic E-state index is 13.5. The van der Waals surface area contributed by atoms with Crippen LogP contribution in [0.3, 0.4) is 0 Å². The van der Waals surface area contributed by atoms with Crippen molar-refractivity contribution in [2.75, 3.05) is 7.04 Å². The quantitative estimate of drug-likeness (QED) is 0.878. The van der Waals surface area contributed by atoms with Crippen LogP contribution >= 0.6 is 15.9 Å². The lowest BCUT2D eigenvalue weighted by Gasteiger charge is -2.05. The number of halogens is 2. The van der Waals surface area contributed by atoms with Crippen LogP contribution in [0.1, 0.15) is 14.5 Å². The number of hydrogen-bond acceptors (Lipinski definition) is 2. The summed E-state index contributed by atoms with van der Waals surface area (Å²) in [5, 5.41) is 8.70. The topological polar surface area (TPSA) is 46.5 Å². The molecule has 0 aliphatic carbocycles. The molecule has 0 aromatic heterocycles. The molecule has 0 radical (unpaired) electrons. The Labute approximate surface area is 86.5 Å². The summed E-state index contributed by atoms with van der Waals surface area (Å²) < 4.78 is 38.2. The highest BCUT2D eigenvalue weighted by molar-refractivity contribution is 9.10. The van der Waals surface area contributed by atoms with Gasteiger partial charge in [0.2, 0.25) is 0 Å². The van der Waals surface area contributed by atoms with Gasteiger partial charge in [-0.25, -0.2) is 9.18 Å². The Kier molecular flexibility index (Phi) is 1.83. The van der Waals surface area contributed by atoms with Gasteiger partial charge in [0.05, 0.1) is 11.2 Å². The Hall–Kier alpha value is -1.10. The third-order valence-electron chi connectivity index (χ3n) is 1.38. The second-order valence-corrected chi connectivity index (χ2v) is 3.00. The van der Waals surface area contributed by atoms with Gasteiger partial charge in [0, 0.05) is 4.47 Å². The summed E-state index contributed by atoms with van der Waals surface area (Å²) in [6, 6.07) is 2.24. The van der Waals surface area contributed by atoms with Gasteiger partial charge in [-0.05, 0) is 28.1 Å². The lowest BCUT2D eigenvalue weighted by Crippen LogP contribution is -2.03. The Bertz CT molecular complexity index is 433. The Morgan fingerprint density at radius 1 is 1.77 bits per heavy atom. The van der Waals surface area contributed by atoms with Crippen LogP contribution in [0, 0.1) is 5.82 Å². The molecule has 1 N–H and O–H groups in total. The molecule has 0 heterocycles. The molecular weight excluding hydrogens is 243 g/mol. The second-order valence-electron chi connectivity index (χ2n) is 2.14. The van der Waals surface area contributed by atoms with E-state index in [1.165, 1.54) is 6.07 Å². The van der Waals surface area contributed by atoms with E-state index in [0.29, 0.717) is 0 Å². The first-order valence-electron chi connectivity index (χ1n) is 4.62. The molecule has 1 aromatic rings. The van der Waals surface area contributed by atoms with Crippen LogP contribution in [0.25, 0.3) is 0 Å². The van der Waals surface area contributed by atoms with Crippen molar-refractivity contribution in [1.82, 2.24) is 0 Å². The minimum absolute atomic E-state index is 0.00962. The van der Waals surface area contributed by atoms with Crippen molar-refractivity contribution in [2.45, 2.75) is 0 Å². The fraction of sp³-hybridized carbons (Fsp3) is 0.125. The summed E-state index contributed by atoms with van der Waals surface area (Å²) in [4.78, 5) is 10.7. The highest BCUT2D eigenvalue weighted by atomic mass is 79.9. The summed E-state index contributed by atoms with van der Waals surface area (Å²) in [5.74, 6) is -3.36. The van der Waals surface area contributed by atoms with Gasteiger partial charge in [0.15, 0.2) is 11.6 Å². The summed E-state index contributed by atoms with van der Waals surface area (Å²) in [7, 11) is -2.83. The fourth-order valence-corrected chi connectivity index (χ4v) is 1.28. The molecular formula is C8H6BrFO3. The molecule has 3 nitrogen and oxygen atoms in total. The highest BCUT2D eigenvalue weighted by Crippen LogP contribution is 2.27. The van der Waals surface area contributed by atoms with E-state index < -0.39 is 30.1 Å². The van der Waals surface area contributed by atoms with E-state index in [0.717, 1.165) is 6.07 Å². The molecule has 0 aliphatic rings. The second kappa shape index (κ2) is 3.74. The summed E-state index contributed by atoms with van der Waals surface area (Å²) in [5.41, 5.74) is -0.665. The zero-order valence-electron chi connectivity index (χ0n) is 9.17. The molecule has 13 heavy (non-hydrogen) atoms. The van der Waals surface area contributed by atoms with E-state index in [9.17, 15) is 9.18 Å². The Balaban J connectivity index is 3.24. The first-order chi connectivity index (χ1) is 7.22. The standard InChI is InChI=1S/C8H6BrFO3/c1-13-5-3-2-4(9)6(7(5)10)8(11)12/h2-3H,1H3,(H,11,12)/i1D3. The molecule has 1 aromatic carbocycles. The zero-order chi connectivity index (χ0) is 12.5. The molecule has 5 heteroatoms. The SMILES string of the molecule is [2H]C([2H])([2H])Oc1ccc(Br)c(C(=O)O)c1F. The average molecular weight is 252 g/mol. The molecule has 0 bridgehead atoms. The Morgan fingerprint density at radius 2 is 2.46 bits per heavy atom. The summed E-state index contributed by atoms with van der Waals surface area (Å²) >= 11 is 2.84. The van der Waals surface area contributed by atoms with Gasteiger partial charge < -0.3 is 9.84 Å². The summed E-state index contributed by atoms with van der Waals surface area (Å²) in [6.07, 6.45) is 0. The zero-order valence-corrected chi connectivity index (χ0v) is 7.76. The number of rotatable bonds is 2. The number of ether oxygens (including phenoxy) is 1. The normalized spacial score (nSPS) is 14.2. The molecule has 0 saturated carbocycles. The van der Waals surface area contributed by atoms with E-state index in [1.54, 1.807) is 0 Å². The van der Waals surface area contributed by atoms with Crippen molar-refractivity contribution in [3.05, 3.63) is 28.0 Å². The molecule has 0 fully saturated rings. The van der Waals surface area contributed by atoms with Crippen molar-refractivity contribution in [3.63, 3.8) is 0 Å². The number of carbonyl (C=O) groups is 1. The average Bonchev–Trinajstić information content (AvgIpc) is 2.07. The van der Waals surface area contributed by atoms with Gasteiger partial charge in [-0.15, -0.1) is 0 Å². The number of carboxylic acids is 1. The van der Waals surface area contributed by atoms with Crippen LogP contribution in [0.15, 0.2) is 16.6 Å². The fourth-order valence-electron chi connectivity index (χ4n) is 0.808. The molecule has 0 amide bonds. The predicted molar refractivity (Wildman–Crippen MR) is 47.6 cm³/mol. The van der Waals surface area contributed by atoms with E-state index in [1.807, 2.05) is 0 Å². The lowest BCUT2D eigenvalue weighted by atomic mass is 10.2. The maximum Gasteiger partial charge on any atom is 0.339 e. The smallest absolute Gasteiger partial charge is 0.339 e. The first-order valence-corrected chi connectivity index (χ1v) is 3.92. The summed E-state index contributed by atoms with van der Waals surface area (Å²) in [6.45, 7) is 0. The minimum Gasteiger partial charge on any atom is -0.494 e. The highest BCUT2D eigenvalue weighted by Gasteiger charge is 2.18. The first kappa shape index (κ1) is 6.37. The van der Waals surface area contributed by atoms with Gasteiger partial charge in [-0.3, -0.25) is 0 Å². The molecule has 0 saturated heterocycles. The molecule has 0 atom stereocenters. The molecule has 1 rings (SSSR count). The van der Waals surface area contributed by atoms with Crippen molar-refractivity contribution < 1.29 is 23.1 Å². The van der Waals surface area contributed by atoms with Crippen molar-refractivity contribution in [2.24, 2.45) is 0 Å². The van der Waals surface area contributed by atoms with Crippen LogP contribution < -0.4 is 4.74 Å². The lowest BCUT2D eigenvalue weighted by molar-refractivity contribution is 0.0690. The van der Waals surface area contributed by atoms with Gasteiger partial charge in [0.1, 0.15) is 5.56 Å². The van der Waals surface area contributed by atoms with E-state index >= 15 is 0 Å². The van der Waals surface area contributed by atoms with E-state index in [-0.39, 0.29) is 4.47 Å². The largest absolute Gasteiger partial charge is 0.494 e. The van der Waals surface area contributed by atoms with Crippen LogP contribution in [-0.4, -0.2) is 18.1 Å². The number of carboxylic acid groups (broad SMARTS) is 1. The van der Waals surface area contributed by atoms with Gasteiger partial charge in [-0.2, -0.15) is 0 Å². The van der Waals surface area contributed by atoms with Gasteiger partial charge >= 0.3 is 5.97 Å². The third kappa shape index (κ3) is 1.80. The van der Waals surface area contributed by atoms with Crippen molar-refractivity contribution in [3.8, 4) is 5.75 Å². The molecule has 0 aliphatic heterocycles. The monoisotopic (exact) mass is 251 g/mol. The minimum atomic E-state index is -2.83. The predicted octanol–water partition coefficient (Wildman–Crippen LogP) is 2.30. The third-order valence-corrected chi connectivity index (χ3v) is 2.04. The van der Waals surface area contributed by atoms with Crippen molar-refractivity contribution >= 4 is 21.9 Å². The molecule has 70 valence electrons. The van der Waals surface area contributed by atoms with Crippen LogP contribution in [0.5, 0.6) is 5.75 Å². The number of benzene rings is 1.